The first-order valence-electron chi connectivity index (χ1n) is 17.7. The minimum absolute atomic E-state index is 0.0673. The second-order valence-corrected chi connectivity index (χ2v) is 12.5. The number of hydrogen-bond acceptors (Lipinski definition) is 12. The maximum absolute atomic E-state index is 11.9. The van der Waals surface area contributed by atoms with E-state index >= 15 is 0 Å². The van der Waals surface area contributed by atoms with Gasteiger partial charge < -0.3 is 76.8 Å². The Morgan fingerprint density at radius 1 is 0.483 bits per heavy atom. The summed E-state index contributed by atoms with van der Waals surface area (Å²) in [6, 6.07) is 29.5. The van der Waals surface area contributed by atoms with Crippen LogP contribution in [0.2, 0.25) is 0 Å². The molecule has 0 atom stereocenters. The van der Waals surface area contributed by atoms with Crippen molar-refractivity contribution in [1.29, 1.82) is 0 Å². The second kappa shape index (κ2) is 20.0. The van der Waals surface area contributed by atoms with E-state index in [1.54, 1.807) is 48.5 Å². The molecule has 12 N–H and O–H groups in total. The van der Waals surface area contributed by atoms with Crippen LogP contribution in [0.25, 0.3) is 0 Å². The van der Waals surface area contributed by atoms with Crippen LogP contribution in [-0.2, 0) is 0 Å². The van der Waals surface area contributed by atoms with Crippen LogP contribution in [0, 0.1) is 6.92 Å². The molecule has 0 fully saturated rings. The number of phenols is 6. The van der Waals surface area contributed by atoms with Gasteiger partial charge in [-0.1, -0.05) is 24.3 Å². The minimum atomic E-state index is -0.533. The molecular formula is C42H40N6O12. The number of fused-ring (bicyclic) bond motifs is 1. The molecule has 0 saturated carbocycles. The lowest BCUT2D eigenvalue weighted by molar-refractivity contribution is 0.174. The summed E-state index contributed by atoms with van der Waals surface area (Å²) in [6.07, 6.45) is 0. The van der Waals surface area contributed by atoms with E-state index in [9.17, 15) is 34.8 Å². The van der Waals surface area contributed by atoms with Crippen molar-refractivity contribution in [3.05, 3.63) is 127 Å². The van der Waals surface area contributed by atoms with E-state index in [2.05, 4.69) is 31.9 Å². The molecule has 6 amide bonds. The Kier molecular flexibility index (Phi) is 14.1. The standard InChI is InChI=1S/C14H12N2O5.C14H14N2O4.C14H14N2O3/c17-9-2-3-10(11(18)6-9)16-14(19)15-8-1-4-12-13(5-8)21-7-20-12;1-20-11-4-2-3-9(7-11)15-14(19)16-12-6-5-10(17)8-13(12)18;1-9-4-2-3-5-11(9)15-14(19)16-12-7-6-10(17)8-13(12)18/h1-6,17-18H,7H2,(H2,15,16,19);2-8,17-18H,1H3,(H2,15,16,19);2-8,17-18H,1H3,(H2,15,16,19). The molecule has 18 nitrogen and oxygen atoms in total. The zero-order chi connectivity index (χ0) is 43.2. The molecule has 1 aliphatic rings. The SMILES string of the molecule is COc1cccc(NC(=O)Nc2ccc(O)cc2O)c1.Cc1ccccc1NC(=O)Nc1ccc(O)cc1O.O=C(Nc1ccc2c(c1)OCO2)Nc1ccc(O)cc1O. The van der Waals surface area contributed by atoms with Crippen molar-refractivity contribution in [2.45, 2.75) is 6.92 Å². The van der Waals surface area contributed by atoms with Crippen molar-refractivity contribution in [3.8, 4) is 51.7 Å². The number of carbonyl (C=O) groups excluding carboxylic acids is 3. The summed E-state index contributed by atoms with van der Waals surface area (Å²) in [6.45, 7) is 2.04. The summed E-state index contributed by atoms with van der Waals surface area (Å²) in [5, 5.41) is 71.5. The number of anilines is 6. The minimum Gasteiger partial charge on any atom is -0.508 e. The van der Waals surface area contributed by atoms with Gasteiger partial charge in [0.05, 0.1) is 24.2 Å². The molecule has 6 aromatic rings. The third-order valence-corrected chi connectivity index (χ3v) is 8.04. The highest BCUT2D eigenvalue weighted by Crippen LogP contribution is 2.35. The molecule has 0 radical (unpaired) electrons. The average molecular weight is 821 g/mol. The molecule has 60 heavy (non-hydrogen) atoms. The molecule has 0 saturated heterocycles. The zero-order valence-electron chi connectivity index (χ0n) is 31.9. The number of nitrogens with one attached hydrogen (secondary N) is 6. The van der Waals surface area contributed by atoms with Gasteiger partial charge in [0.25, 0.3) is 0 Å². The number of methoxy groups -OCH3 is 1. The highest BCUT2D eigenvalue weighted by atomic mass is 16.7. The Balaban J connectivity index is 0.000000171. The zero-order valence-corrected chi connectivity index (χ0v) is 31.9. The van der Waals surface area contributed by atoms with E-state index in [1.165, 1.54) is 43.5 Å². The van der Waals surface area contributed by atoms with E-state index in [0.29, 0.717) is 34.3 Å². The number of ether oxygens (including phenoxy) is 3. The van der Waals surface area contributed by atoms with Crippen molar-refractivity contribution < 1.29 is 59.2 Å². The maximum atomic E-state index is 11.9. The van der Waals surface area contributed by atoms with Gasteiger partial charge in [0, 0.05) is 47.4 Å². The van der Waals surface area contributed by atoms with Crippen molar-refractivity contribution in [1.82, 2.24) is 0 Å². The Bertz CT molecular complexity index is 2480. The summed E-state index contributed by atoms with van der Waals surface area (Å²) in [5.41, 5.74) is 3.32. The topological polar surface area (TPSA) is 272 Å². The van der Waals surface area contributed by atoms with Crippen LogP contribution in [0.5, 0.6) is 51.7 Å². The van der Waals surface area contributed by atoms with E-state index < -0.39 is 18.1 Å². The number of amides is 6. The number of carbonyl (C=O) groups is 3. The molecule has 0 bridgehead atoms. The summed E-state index contributed by atoms with van der Waals surface area (Å²) in [5.74, 6) is 0.923. The molecular weight excluding hydrogens is 780 g/mol. The fourth-order valence-electron chi connectivity index (χ4n) is 5.11. The summed E-state index contributed by atoms with van der Waals surface area (Å²) in [4.78, 5) is 35.4. The molecule has 7 rings (SSSR count). The van der Waals surface area contributed by atoms with Crippen molar-refractivity contribution in [2.24, 2.45) is 0 Å². The number of rotatable bonds is 7. The Labute approximate surface area is 342 Å². The van der Waals surface area contributed by atoms with Gasteiger partial charge in [-0.05, 0) is 79.2 Å². The van der Waals surface area contributed by atoms with E-state index in [1.807, 2.05) is 25.1 Å². The fourth-order valence-corrected chi connectivity index (χ4v) is 5.11. The largest absolute Gasteiger partial charge is 0.508 e. The first kappa shape index (κ1) is 42.5. The monoisotopic (exact) mass is 820 g/mol. The first-order chi connectivity index (χ1) is 28.8. The first-order valence-corrected chi connectivity index (χ1v) is 17.7. The lowest BCUT2D eigenvalue weighted by Crippen LogP contribution is -2.19. The lowest BCUT2D eigenvalue weighted by atomic mass is 10.2. The van der Waals surface area contributed by atoms with Gasteiger partial charge in [-0.15, -0.1) is 0 Å². The third kappa shape index (κ3) is 12.4. The average Bonchev–Trinajstić information content (AvgIpc) is 3.68. The fraction of sp³-hybridized carbons (Fsp3) is 0.0714. The van der Waals surface area contributed by atoms with Gasteiger partial charge >= 0.3 is 18.1 Å². The number of phenolic OH excluding ortho intramolecular Hbond substituents is 6. The van der Waals surface area contributed by atoms with E-state index in [-0.39, 0.29) is 58.4 Å². The van der Waals surface area contributed by atoms with E-state index in [0.717, 1.165) is 23.8 Å². The Morgan fingerprint density at radius 3 is 1.45 bits per heavy atom. The smallest absolute Gasteiger partial charge is 0.323 e. The van der Waals surface area contributed by atoms with Crippen LogP contribution in [-0.4, -0.2) is 62.6 Å². The summed E-state index contributed by atoms with van der Waals surface area (Å²) >= 11 is 0. The summed E-state index contributed by atoms with van der Waals surface area (Å²) in [7, 11) is 1.54. The van der Waals surface area contributed by atoms with Crippen LogP contribution in [0.1, 0.15) is 5.56 Å². The molecule has 1 heterocycles. The van der Waals surface area contributed by atoms with Gasteiger partial charge in [0.1, 0.15) is 40.2 Å². The predicted octanol–water partition coefficient (Wildman–Crippen LogP) is 8.27. The van der Waals surface area contributed by atoms with E-state index in [4.69, 9.17) is 24.4 Å². The maximum Gasteiger partial charge on any atom is 0.323 e. The van der Waals surface area contributed by atoms with Crippen LogP contribution >= 0.6 is 0 Å². The van der Waals surface area contributed by atoms with Crippen molar-refractivity contribution >= 4 is 52.2 Å². The number of aryl methyl sites for hydroxylation is 1. The van der Waals surface area contributed by atoms with Crippen LogP contribution in [0.15, 0.2) is 121 Å². The highest BCUT2D eigenvalue weighted by Gasteiger charge is 2.15. The second-order valence-electron chi connectivity index (χ2n) is 12.5. The van der Waals surface area contributed by atoms with Gasteiger partial charge in [-0.3, -0.25) is 0 Å². The third-order valence-electron chi connectivity index (χ3n) is 8.04. The molecule has 0 aliphatic carbocycles. The molecule has 6 aromatic carbocycles. The van der Waals surface area contributed by atoms with Crippen LogP contribution in [0.4, 0.5) is 48.5 Å². The molecule has 18 heteroatoms. The van der Waals surface area contributed by atoms with Gasteiger partial charge in [-0.2, -0.15) is 0 Å². The molecule has 1 aliphatic heterocycles. The Morgan fingerprint density at radius 2 is 0.950 bits per heavy atom. The molecule has 310 valence electrons. The van der Waals surface area contributed by atoms with Gasteiger partial charge in [0.15, 0.2) is 11.5 Å². The van der Waals surface area contributed by atoms with Gasteiger partial charge in [0.2, 0.25) is 6.79 Å². The number of benzene rings is 6. The number of hydrogen-bond donors (Lipinski definition) is 12. The van der Waals surface area contributed by atoms with Crippen LogP contribution < -0.4 is 46.1 Å². The molecule has 0 aromatic heterocycles. The Hall–Kier alpha value is -8.67. The van der Waals surface area contributed by atoms with Gasteiger partial charge in [-0.25, -0.2) is 14.4 Å². The van der Waals surface area contributed by atoms with Crippen molar-refractivity contribution in [2.75, 3.05) is 45.8 Å². The number of para-hydroxylation sites is 1. The van der Waals surface area contributed by atoms with Crippen LogP contribution in [0.3, 0.4) is 0 Å². The lowest BCUT2D eigenvalue weighted by Gasteiger charge is -2.10. The van der Waals surface area contributed by atoms with Crippen molar-refractivity contribution in [3.63, 3.8) is 0 Å². The normalized spacial score (nSPS) is 10.6. The quantitative estimate of drug-likeness (QED) is 0.0536. The predicted molar refractivity (Wildman–Crippen MR) is 224 cm³/mol. The number of aromatic hydroxyl groups is 6. The highest BCUT2D eigenvalue weighted by molar-refractivity contribution is 6.02. The summed E-state index contributed by atoms with van der Waals surface area (Å²) < 4.78 is 15.4. The number of urea groups is 3. The molecule has 0 unspecified atom stereocenters. The molecule has 0 spiro atoms.